The van der Waals surface area contributed by atoms with Gasteiger partial charge in [-0.1, -0.05) is 15.9 Å². The number of aldehydes is 1. The van der Waals surface area contributed by atoms with E-state index in [1.165, 1.54) is 4.90 Å². The van der Waals surface area contributed by atoms with Gasteiger partial charge >= 0.3 is 12.2 Å². The first-order valence-corrected chi connectivity index (χ1v) is 7.38. The molecule has 0 aromatic heterocycles. The van der Waals surface area contributed by atoms with Gasteiger partial charge < -0.3 is 14.4 Å². The third-order valence-electron chi connectivity index (χ3n) is 3.15. The minimum atomic E-state index is -0.846. The number of nitrogens with zero attached hydrogens (tertiary/aromatic N) is 2. The number of ether oxygens (including phenoxy) is 1. The lowest BCUT2D eigenvalue weighted by atomic mass is 10.3. The summed E-state index contributed by atoms with van der Waals surface area (Å²) in [5.74, 6) is 0. The van der Waals surface area contributed by atoms with E-state index >= 15 is 0 Å². The van der Waals surface area contributed by atoms with Crippen molar-refractivity contribution >= 4 is 40.1 Å². The van der Waals surface area contributed by atoms with Crippen LogP contribution in [-0.2, 0) is 9.53 Å². The normalized spacial score (nSPS) is 13.9. The Morgan fingerprint density at radius 3 is 2.43 bits per heavy atom. The van der Waals surface area contributed by atoms with Crippen molar-refractivity contribution in [2.24, 2.45) is 0 Å². The number of carbonyl (C=O) groups excluding carboxylic acids is 3. The highest BCUT2D eigenvalue weighted by molar-refractivity contribution is 9.10. The molecule has 0 N–H and O–H groups in total. The van der Waals surface area contributed by atoms with Crippen molar-refractivity contribution in [1.82, 2.24) is 4.90 Å². The minimum absolute atomic E-state index is 0.173. The van der Waals surface area contributed by atoms with Crippen LogP contribution in [0.2, 0.25) is 0 Å². The number of amides is 2. The molecule has 1 saturated heterocycles. The number of hydrogen-bond donors (Lipinski definition) is 0. The molecular formula is C14H15BrN2O4. The van der Waals surface area contributed by atoms with Gasteiger partial charge in [-0.05, 0) is 37.1 Å². The van der Waals surface area contributed by atoms with Crippen molar-refractivity contribution in [3.05, 3.63) is 28.7 Å². The quantitative estimate of drug-likeness (QED) is 0.618. The number of halogens is 1. The number of rotatable bonds is 3. The first kappa shape index (κ1) is 15.5. The maximum atomic E-state index is 12.1. The zero-order chi connectivity index (χ0) is 15.2. The fraction of sp³-hybridized carbons (Fsp3) is 0.357. The summed E-state index contributed by atoms with van der Waals surface area (Å²) >= 11 is 3.29. The highest BCUT2D eigenvalue weighted by Crippen LogP contribution is 2.19. The summed E-state index contributed by atoms with van der Waals surface area (Å²) in [4.78, 5) is 37.2. The van der Waals surface area contributed by atoms with Crippen LogP contribution >= 0.6 is 15.9 Å². The largest absolute Gasteiger partial charge is 0.423 e. The molecule has 0 spiro atoms. The molecule has 1 aromatic rings. The van der Waals surface area contributed by atoms with Crippen LogP contribution < -0.4 is 4.90 Å². The highest BCUT2D eigenvalue weighted by atomic mass is 79.9. The second kappa shape index (κ2) is 7.21. The van der Waals surface area contributed by atoms with E-state index in [9.17, 15) is 14.4 Å². The zero-order valence-corrected chi connectivity index (χ0v) is 12.9. The molecule has 0 saturated carbocycles. The third-order valence-corrected chi connectivity index (χ3v) is 3.68. The van der Waals surface area contributed by atoms with Crippen LogP contribution in [0.15, 0.2) is 28.7 Å². The van der Waals surface area contributed by atoms with Crippen molar-refractivity contribution in [1.29, 1.82) is 0 Å². The van der Waals surface area contributed by atoms with E-state index in [1.54, 1.807) is 24.3 Å². The first-order chi connectivity index (χ1) is 10.1. The smallest absolute Gasteiger partial charge is 0.359 e. The molecule has 112 valence electrons. The van der Waals surface area contributed by atoms with Gasteiger partial charge in [0.2, 0.25) is 0 Å². The molecule has 0 aliphatic carbocycles. The Balaban J connectivity index is 2.06. The van der Waals surface area contributed by atoms with Gasteiger partial charge in [0, 0.05) is 23.2 Å². The molecule has 21 heavy (non-hydrogen) atoms. The maximum absolute atomic E-state index is 12.1. The lowest BCUT2D eigenvalue weighted by molar-refractivity contribution is -0.106. The number of likely N-dealkylation sites (tertiary alicyclic amines) is 1. The van der Waals surface area contributed by atoms with Gasteiger partial charge in [-0.2, -0.15) is 0 Å². The average molecular weight is 355 g/mol. The van der Waals surface area contributed by atoms with Crippen molar-refractivity contribution in [2.45, 2.75) is 12.8 Å². The molecular weight excluding hydrogens is 340 g/mol. The number of hydrogen-bond acceptors (Lipinski definition) is 4. The molecule has 6 nitrogen and oxygen atoms in total. The van der Waals surface area contributed by atoms with E-state index in [0.29, 0.717) is 25.1 Å². The average Bonchev–Trinajstić information content (AvgIpc) is 3.00. The Morgan fingerprint density at radius 2 is 1.86 bits per heavy atom. The Morgan fingerprint density at radius 1 is 1.24 bits per heavy atom. The van der Waals surface area contributed by atoms with Crippen molar-refractivity contribution < 1.29 is 19.1 Å². The SMILES string of the molecule is O=CCN(C(=O)OC(=O)N1CCCC1)c1ccc(Br)cc1. The van der Waals surface area contributed by atoms with Gasteiger partial charge in [0.05, 0.1) is 6.54 Å². The highest BCUT2D eigenvalue weighted by Gasteiger charge is 2.25. The second-order valence-electron chi connectivity index (χ2n) is 4.58. The molecule has 1 aliphatic rings. The summed E-state index contributed by atoms with van der Waals surface area (Å²) in [6.45, 7) is 1.02. The van der Waals surface area contributed by atoms with E-state index in [0.717, 1.165) is 22.2 Å². The fourth-order valence-corrected chi connectivity index (χ4v) is 2.34. The topological polar surface area (TPSA) is 66.9 Å². The van der Waals surface area contributed by atoms with Crippen LogP contribution in [0.3, 0.4) is 0 Å². The zero-order valence-electron chi connectivity index (χ0n) is 11.3. The van der Waals surface area contributed by atoms with E-state index in [1.807, 2.05) is 0 Å². The monoisotopic (exact) mass is 354 g/mol. The third kappa shape index (κ3) is 4.04. The van der Waals surface area contributed by atoms with Crippen LogP contribution in [0, 0.1) is 0 Å². The molecule has 2 amide bonds. The van der Waals surface area contributed by atoms with Crippen LogP contribution in [0.1, 0.15) is 12.8 Å². The molecule has 7 heteroatoms. The van der Waals surface area contributed by atoms with Crippen molar-refractivity contribution in [2.75, 3.05) is 24.5 Å². The van der Waals surface area contributed by atoms with Gasteiger partial charge in [0.25, 0.3) is 0 Å². The van der Waals surface area contributed by atoms with E-state index in [-0.39, 0.29) is 6.54 Å². The molecule has 0 unspecified atom stereocenters. The summed E-state index contributed by atoms with van der Waals surface area (Å²) in [7, 11) is 0. The Bertz CT molecular complexity index is 526. The lowest BCUT2D eigenvalue weighted by Crippen LogP contribution is -2.38. The molecule has 1 aromatic carbocycles. The van der Waals surface area contributed by atoms with E-state index in [4.69, 9.17) is 4.74 Å². The molecule has 1 heterocycles. The first-order valence-electron chi connectivity index (χ1n) is 6.59. The van der Waals surface area contributed by atoms with Gasteiger partial charge in [0.15, 0.2) is 0 Å². The second-order valence-corrected chi connectivity index (χ2v) is 5.50. The minimum Gasteiger partial charge on any atom is -0.359 e. The van der Waals surface area contributed by atoms with Crippen LogP contribution in [0.4, 0.5) is 15.3 Å². The molecule has 1 fully saturated rings. The number of carbonyl (C=O) groups is 3. The molecule has 0 atom stereocenters. The summed E-state index contributed by atoms with van der Waals surface area (Å²) in [6, 6.07) is 6.80. The van der Waals surface area contributed by atoms with E-state index in [2.05, 4.69) is 15.9 Å². The van der Waals surface area contributed by atoms with Gasteiger partial charge in [-0.15, -0.1) is 0 Å². The Labute approximate surface area is 130 Å². The van der Waals surface area contributed by atoms with E-state index < -0.39 is 12.2 Å². The standard InChI is InChI=1S/C14H15BrN2O4/c15-11-3-5-12(6-4-11)17(9-10-18)14(20)21-13(19)16-7-1-2-8-16/h3-6,10H,1-2,7-9H2. The van der Waals surface area contributed by atoms with Gasteiger partial charge in [0.1, 0.15) is 6.29 Å². The number of anilines is 1. The molecule has 1 aliphatic heterocycles. The van der Waals surface area contributed by atoms with Crippen molar-refractivity contribution in [3.8, 4) is 0 Å². The van der Waals surface area contributed by atoms with Crippen LogP contribution in [0.25, 0.3) is 0 Å². The fourth-order valence-electron chi connectivity index (χ4n) is 2.07. The Kier molecular flexibility index (Phi) is 5.32. The summed E-state index contributed by atoms with van der Waals surface area (Å²) in [6.07, 6.45) is 0.901. The predicted octanol–water partition coefficient (Wildman–Crippen LogP) is 2.81. The van der Waals surface area contributed by atoms with Gasteiger partial charge in [-0.25, -0.2) is 9.59 Å². The Hall–Kier alpha value is -1.89. The maximum Gasteiger partial charge on any atom is 0.423 e. The van der Waals surface area contributed by atoms with Crippen molar-refractivity contribution in [3.63, 3.8) is 0 Å². The predicted molar refractivity (Wildman–Crippen MR) is 80.2 cm³/mol. The van der Waals surface area contributed by atoms with Crippen LogP contribution in [0.5, 0.6) is 0 Å². The van der Waals surface area contributed by atoms with Crippen LogP contribution in [-0.4, -0.2) is 43.0 Å². The molecule has 0 bridgehead atoms. The summed E-state index contributed by atoms with van der Waals surface area (Å²) in [5, 5.41) is 0. The van der Waals surface area contributed by atoms with Gasteiger partial charge in [-0.3, -0.25) is 4.90 Å². The molecule has 2 rings (SSSR count). The summed E-state index contributed by atoms with van der Waals surface area (Å²) < 4.78 is 5.68. The lowest BCUT2D eigenvalue weighted by Gasteiger charge is -2.21. The number of benzene rings is 1. The summed E-state index contributed by atoms with van der Waals surface area (Å²) in [5.41, 5.74) is 0.490. The molecule has 0 radical (unpaired) electrons.